The minimum atomic E-state index is 0.0471. The van der Waals surface area contributed by atoms with Gasteiger partial charge in [-0.3, -0.25) is 4.79 Å². The molecule has 1 heterocycles. The van der Waals surface area contributed by atoms with Gasteiger partial charge in [0.25, 0.3) is 5.91 Å². The number of nitrogens with zero attached hydrogens (tertiary/aromatic N) is 1. The van der Waals surface area contributed by atoms with Crippen LogP contribution in [-0.2, 0) is 0 Å². The molecule has 0 aromatic heterocycles. The molecule has 0 unspecified atom stereocenters. The van der Waals surface area contributed by atoms with Crippen molar-refractivity contribution in [3.63, 3.8) is 0 Å². The summed E-state index contributed by atoms with van der Waals surface area (Å²) in [4.78, 5) is 14.6. The smallest absolute Gasteiger partial charge is 0.251 e. The molecule has 2 aromatic rings. The van der Waals surface area contributed by atoms with E-state index in [-0.39, 0.29) is 5.91 Å². The van der Waals surface area contributed by atoms with Gasteiger partial charge in [-0.05, 0) is 54.7 Å². The fourth-order valence-corrected chi connectivity index (χ4v) is 3.44. The van der Waals surface area contributed by atoms with Gasteiger partial charge in [0.05, 0.1) is 0 Å². The molecule has 1 aliphatic carbocycles. The Balaban J connectivity index is 1.48. The molecule has 0 atom stereocenters. The van der Waals surface area contributed by atoms with Crippen molar-refractivity contribution in [1.29, 1.82) is 0 Å². The van der Waals surface area contributed by atoms with E-state index in [1.807, 2.05) is 24.3 Å². The predicted octanol–water partition coefficient (Wildman–Crippen LogP) is 3.05. The number of rotatable bonds is 4. The Morgan fingerprint density at radius 2 is 1.76 bits per heavy atom. The number of nitrogens with one attached hydrogen (secondary N) is 2. The van der Waals surface area contributed by atoms with Crippen LogP contribution in [0.3, 0.4) is 0 Å². The molecular weight excluding hydrogens is 310 g/mol. The first-order valence-corrected chi connectivity index (χ1v) is 9.27. The second-order valence-corrected chi connectivity index (χ2v) is 6.97. The van der Waals surface area contributed by atoms with Gasteiger partial charge in [0.2, 0.25) is 0 Å². The zero-order chi connectivity index (χ0) is 17.1. The first kappa shape index (κ1) is 16.2. The van der Waals surface area contributed by atoms with Crippen LogP contribution in [0, 0.1) is 0 Å². The predicted molar refractivity (Wildman–Crippen MR) is 102 cm³/mol. The molecule has 0 bridgehead atoms. The van der Waals surface area contributed by atoms with E-state index in [4.69, 9.17) is 0 Å². The Hall–Kier alpha value is -2.33. The minimum Gasteiger partial charge on any atom is -0.369 e. The molecule has 1 amide bonds. The Kier molecular flexibility index (Phi) is 4.70. The number of carbonyl (C=O) groups is 1. The zero-order valence-electron chi connectivity index (χ0n) is 14.5. The number of piperazine rings is 1. The summed E-state index contributed by atoms with van der Waals surface area (Å²) in [6.07, 6.45) is 3.46. The summed E-state index contributed by atoms with van der Waals surface area (Å²) in [7, 11) is 0. The molecule has 2 aromatic carbocycles. The second-order valence-electron chi connectivity index (χ2n) is 6.97. The van der Waals surface area contributed by atoms with E-state index >= 15 is 0 Å². The van der Waals surface area contributed by atoms with E-state index in [1.165, 1.54) is 17.7 Å². The molecule has 2 N–H and O–H groups in total. The summed E-state index contributed by atoms with van der Waals surface area (Å²) in [6.45, 7) is 4.16. The summed E-state index contributed by atoms with van der Waals surface area (Å²) in [5.41, 5.74) is 4.36. The van der Waals surface area contributed by atoms with E-state index < -0.39 is 0 Å². The molecule has 2 fully saturated rings. The van der Waals surface area contributed by atoms with Crippen LogP contribution in [0.5, 0.6) is 0 Å². The van der Waals surface area contributed by atoms with Gasteiger partial charge >= 0.3 is 0 Å². The SMILES string of the molecule is O=C(NC1CCC1)c1ccc(-c2cccc(N3CCNCC3)c2)cc1. The highest BCUT2D eigenvalue weighted by molar-refractivity contribution is 5.95. The van der Waals surface area contributed by atoms with Crippen LogP contribution in [0.25, 0.3) is 11.1 Å². The van der Waals surface area contributed by atoms with Gasteiger partial charge < -0.3 is 15.5 Å². The van der Waals surface area contributed by atoms with E-state index in [2.05, 4.69) is 39.8 Å². The Labute approximate surface area is 149 Å². The standard InChI is InChI=1S/C21H25N3O/c25-21(23-19-4-2-5-19)17-9-7-16(8-10-17)18-3-1-6-20(15-18)24-13-11-22-12-14-24/h1,3,6-10,15,19,22H,2,4-5,11-14H2,(H,23,25). The molecule has 4 nitrogen and oxygen atoms in total. The fraction of sp³-hybridized carbons (Fsp3) is 0.381. The molecule has 2 aliphatic rings. The van der Waals surface area contributed by atoms with Gasteiger partial charge in [0.15, 0.2) is 0 Å². The Morgan fingerprint density at radius 1 is 1.00 bits per heavy atom. The number of anilines is 1. The Morgan fingerprint density at radius 3 is 2.44 bits per heavy atom. The zero-order valence-corrected chi connectivity index (χ0v) is 14.5. The van der Waals surface area contributed by atoms with Crippen LogP contribution < -0.4 is 15.5 Å². The molecule has 130 valence electrons. The van der Waals surface area contributed by atoms with Gasteiger partial charge in [0, 0.05) is 43.5 Å². The topological polar surface area (TPSA) is 44.4 Å². The molecule has 1 aliphatic heterocycles. The Bertz CT molecular complexity index is 731. The molecule has 1 saturated carbocycles. The lowest BCUT2D eigenvalue weighted by molar-refractivity contribution is 0.0917. The van der Waals surface area contributed by atoms with E-state index in [0.717, 1.165) is 50.1 Å². The summed E-state index contributed by atoms with van der Waals surface area (Å²) in [6, 6.07) is 17.0. The van der Waals surface area contributed by atoms with Crippen molar-refractivity contribution in [3.8, 4) is 11.1 Å². The van der Waals surface area contributed by atoms with Crippen LogP contribution in [0.4, 0.5) is 5.69 Å². The van der Waals surface area contributed by atoms with Gasteiger partial charge in [-0.1, -0.05) is 24.3 Å². The van der Waals surface area contributed by atoms with Crippen molar-refractivity contribution >= 4 is 11.6 Å². The summed E-state index contributed by atoms with van der Waals surface area (Å²) < 4.78 is 0. The lowest BCUT2D eigenvalue weighted by atomic mass is 9.93. The third-order valence-corrected chi connectivity index (χ3v) is 5.25. The number of benzene rings is 2. The van der Waals surface area contributed by atoms with E-state index in [0.29, 0.717) is 6.04 Å². The van der Waals surface area contributed by atoms with Gasteiger partial charge in [-0.25, -0.2) is 0 Å². The average Bonchev–Trinajstić information content (AvgIpc) is 2.65. The third kappa shape index (κ3) is 3.69. The third-order valence-electron chi connectivity index (χ3n) is 5.25. The normalized spacial score (nSPS) is 17.8. The molecular formula is C21H25N3O. The van der Waals surface area contributed by atoms with Gasteiger partial charge in [-0.15, -0.1) is 0 Å². The molecule has 25 heavy (non-hydrogen) atoms. The van der Waals surface area contributed by atoms with Crippen LogP contribution in [-0.4, -0.2) is 38.1 Å². The maximum Gasteiger partial charge on any atom is 0.251 e. The molecule has 4 heteroatoms. The number of hydrogen-bond donors (Lipinski definition) is 2. The maximum absolute atomic E-state index is 12.2. The van der Waals surface area contributed by atoms with E-state index in [9.17, 15) is 4.79 Å². The van der Waals surface area contributed by atoms with Crippen LogP contribution in [0.15, 0.2) is 48.5 Å². The van der Waals surface area contributed by atoms with Gasteiger partial charge in [-0.2, -0.15) is 0 Å². The van der Waals surface area contributed by atoms with Crippen molar-refractivity contribution in [2.45, 2.75) is 25.3 Å². The van der Waals surface area contributed by atoms with Crippen LogP contribution >= 0.6 is 0 Å². The van der Waals surface area contributed by atoms with Crippen molar-refractivity contribution in [1.82, 2.24) is 10.6 Å². The molecule has 0 radical (unpaired) electrons. The van der Waals surface area contributed by atoms with Crippen molar-refractivity contribution in [2.24, 2.45) is 0 Å². The maximum atomic E-state index is 12.2. The largest absolute Gasteiger partial charge is 0.369 e. The monoisotopic (exact) mass is 335 g/mol. The summed E-state index contributed by atoms with van der Waals surface area (Å²) in [5, 5.41) is 6.48. The lowest BCUT2D eigenvalue weighted by Gasteiger charge is -2.29. The summed E-state index contributed by atoms with van der Waals surface area (Å²) in [5.74, 6) is 0.0471. The van der Waals surface area contributed by atoms with Crippen molar-refractivity contribution in [2.75, 3.05) is 31.1 Å². The van der Waals surface area contributed by atoms with Gasteiger partial charge in [0.1, 0.15) is 0 Å². The minimum absolute atomic E-state index is 0.0471. The highest BCUT2D eigenvalue weighted by atomic mass is 16.1. The van der Waals surface area contributed by atoms with Crippen LogP contribution in [0.2, 0.25) is 0 Å². The molecule has 0 spiro atoms. The van der Waals surface area contributed by atoms with Crippen LogP contribution in [0.1, 0.15) is 29.6 Å². The second kappa shape index (κ2) is 7.28. The highest BCUT2D eigenvalue weighted by Gasteiger charge is 2.20. The fourth-order valence-electron chi connectivity index (χ4n) is 3.44. The van der Waals surface area contributed by atoms with Crippen molar-refractivity contribution in [3.05, 3.63) is 54.1 Å². The quantitative estimate of drug-likeness (QED) is 0.903. The number of amides is 1. The van der Waals surface area contributed by atoms with E-state index in [1.54, 1.807) is 0 Å². The highest BCUT2D eigenvalue weighted by Crippen LogP contribution is 2.25. The first-order valence-electron chi connectivity index (χ1n) is 9.27. The molecule has 1 saturated heterocycles. The number of carbonyl (C=O) groups excluding carboxylic acids is 1. The molecule has 4 rings (SSSR count). The first-order chi connectivity index (χ1) is 12.3. The summed E-state index contributed by atoms with van der Waals surface area (Å²) >= 11 is 0. The number of hydrogen-bond acceptors (Lipinski definition) is 3. The van der Waals surface area contributed by atoms with Crippen molar-refractivity contribution < 1.29 is 4.79 Å². The lowest BCUT2D eigenvalue weighted by Crippen LogP contribution is -2.43. The average molecular weight is 335 g/mol.